The van der Waals surface area contributed by atoms with Gasteiger partial charge in [-0.1, -0.05) is 30.3 Å². The van der Waals surface area contributed by atoms with E-state index in [4.69, 9.17) is 0 Å². The molecule has 2 rings (SSSR count). The standard InChI is InChI=1S/C16H20N2O4S/c1-12(13-5-3-2-4-6-13)9-15(19)17-10-16(20)18-14-7-8-23(21,22)11-14/h2-6,9,14H,7-8,10-11H2,1H3,(H,17,19)(H,18,20). The summed E-state index contributed by atoms with van der Waals surface area (Å²) in [6.45, 7) is 1.65. The van der Waals surface area contributed by atoms with E-state index in [2.05, 4.69) is 10.6 Å². The maximum atomic E-state index is 11.8. The maximum absolute atomic E-state index is 11.8. The SMILES string of the molecule is CC(=CC(=O)NCC(=O)NC1CCS(=O)(=O)C1)c1ccccc1. The van der Waals surface area contributed by atoms with Crippen molar-refractivity contribution in [2.75, 3.05) is 18.1 Å². The molecule has 0 radical (unpaired) electrons. The highest BCUT2D eigenvalue weighted by Gasteiger charge is 2.28. The highest BCUT2D eigenvalue weighted by atomic mass is 32.2. The first-order valence-electron chi connectivity index (χ1n) is 7.37. The molecular weight excluding hydrogens is 316 g/mol. The molecule has 1 aliphatic rings. The van der Waals surface area contributed by atoms with Crippen molar-refractivity contribution in [1.82, 2.24) is 10.6 Å². The molecule has 1 heterocycles. The zero-order valence-corrected chi connectivity index (χ0v) is 13.7. The predicted molar refractivity (Wildman–Crippen MR) is 88.3 cm³/mol. The van der Waals surface area contributed by atoms with E-state index >= 15 is 0 Å². The number of carbonyl (C=O) groups excluding carboxylic acids is 2. The summed E-state index contributed by atoms with van der Waals surface area (Å²) in [6.07, 6.45) is 1.86. The molecule has 1 aromatic carbocycles. The van der Waals surface area contributed by atoms with Crippen LogP contribution in [0.4, 0.5) is 0 Å². The smallest absolute Gasteiger partial charge is 0.244 e. The Kier molecular flexibility index (Phi) is 5.54. The third-order valence-electron chi connectivity index (χ3n) is 3.60. The van der Waals surface area contributed by atoms with Gasteiger partial charge in [0.25, 0.3) is 0 Å². The van der Waals surface area contributed by atoms with Crippen LogP contribution in [0.1, 0.15) is 18.9 Å². The molecule has 2 N–H and O–H groups in total. The number of nitrogens with one attached hydrogen (secondary N) is 2. The van der Waals surface area contributed by atoms with E-state index in [1.807, 2.05) is 37.3 Å². The van der Waals surface area contributed by atoms with Crippen LogP contribution in [0.2, 0.25) is 0 Å². The molecule has 0 aromatic heterocycles. The molecule has 1 saturated heterocycles. The Hall–Kier alpha value is -2.15. The van der Waals surface area contributed by atoms with E-state index in [1.54, 1.807) is 0 Å². The zero-order valence-electron chi connectivity index (χ0n) is 12.9. The number of sulfone groups is 1. The maximum Gasteiger partial charge on any atom is 0.244 e. The van der Waals surface area contributed by atoms with Crippen molar-refractivity contribution in [1.29, 1.82) is 0 Å². The van der Waals surface area contributed by atoms with Gasteiger partial charge < -0.3 is 10.6 Å². The van der Waals surface area contributed by atoms with Gasteiger partial charge in [-0.3, -0.25) is 9.59 Å². The average Bonchev–Trinajstić information content (AvgIpc) is 2.85. The van der Waals surface area contributed by atoms with E-state index in [9.17, 15) is 18.0 Å². The fraction of sp³-hybridized carbons (Fsp3) is 0.375. The van der Waals surface area contributed by atoms with Gasteiger partial charge >= 0.3 is 0 Å². The number of hydrogen-bond acceptors (Lipinski definition) is 4. The second-order valence-electron chi connectivity index (χ2n) is 5.58. The molecule has 0 spiro atoms. The minimum Gasteiger partial charge on any atom is -0.351 e. The second kappa shape index (κ2) is 7.41. The van der Waals surface area contributed by atoms with Crippen LogP contribution in [0.25, 0.3) is 5.57 Å². The van der Waals surface area contributed by atoms with Gasteiger partial charge in [-0.2, -0.15) is 0 Å². The van der Waals surface area contributed by atoms with Crippen LogP contribution in [0, 0.1) is 0 Å². The lowest BCUT2D eigenvalue weighted by Crippen LogP contribution is -2.42. The largest absolute Gasteiger partial charge is 0.351 e. The number of hydrogen-bond donors (Lipinski definition) is 2. The fourth-order valence-corrected chi connectivity index (χ4v) is 4.06. The van der Waals surface area contributed by atoms with Gasteiger partial charge in [-0.05, 0) is 24.5 Å². The number of rotatable bonds is 5. The number of carbonyl (C=O) groups is 2. The van der Waals surface area contributed by atoms with E-state index < -0.39 is 9.84 Å². The van der Waals surface area contributed by atoms with Gasteiger partial charge in [-0.15, -0.1) is 0 Å². The predicted octanol–water partition coefficient (Wildman–Crippen LogP) is 0.509. The van der Waals surface area contributed by atoms with Crippen LogP contribution in [0.5, 0.6) is 0 Å². The summed E-state index contributed by atoms with van der Waals surface area (Å²) in [7, 11) is -3.03. The Balaban J connectivity index is 1.79. The van der Waals surface area contributed by atoms with Crippen LogP contribution >= 0.6 is 0 Å². The molecule has 1 atom stereocenters. The van der Waals surface area contributed by atoms with Gasteiger partial charge in [-0.25, -0.2) is 8.42 Å². The molecule has 0 aliphatic carbocycles. The number of allylic oxidation sites excluding steroid dienone is 1. The summed E-state index contributed by atoms with van der Waals surface area (Å²) >= 11 is 0. The average molecular weight is 336 g/mol. The third kappa shape index (κ3) is 5.52. The second-order valence-corrected chi connectivity index (χ2v) is 7.81. The van der Waals surface area contributed by atoms with Crippen molar-refractivity contribution in [2.24, 2.45) is 0 Å². The van der Waals surface area contributed by atoms with Crippen LogP contribution in [-0.4, -0.2) is 44.3 Å². The number of benzene rings is 1. The van der Waals surface area contributed by atoms with Crippen LogP contribution < -0.4 is 10.6 Å². The monoisotopic (exact) mass is 336 g/mol. The first-order chi connectivity index (χ1) is 10.9. The fourth-order valence-electron chi connectivity index (χ4n) is 2.39. The molecule has 0 saturated carbocycles. The minimum atomic E-state index is -3.03. The summed E-state index contributed by atoms with van der Waals surface area (Å²) < 4.78 is 22.6. The molecule has 0 bridgehead atoms. The Labute approximate surface area is 135 Å². The minimum absolute atomic E-state index is 0.0281. The molecule has 7 heteroatoms. The lowest BCUT2D eigenvalue weighted by atomic mass is 10.1. The molecule has 1 unspecified atom stereocenters. The topological polar surface area (TPSA) is 92.3 Å². The lowest BCUT2D eigenvalue weighted by molar-refractivity contribution is -0.124. The van der Waals surface area contributed by atoms with Gasteiger partial charge in [0.1, 0.15) is 0 Å². The van der Waals surface area contributed by atoms with Gasteiger partial charge in [0, 0.05) is 12.1 Å². The van der Waals surface area contributed by atoms with E-state index in [1.165, 1.54) is 6.08 Å². The lowest BCUT2D eigenvalue weighted by Gasteiger charge is -2.11. The van der Waals surface area contributed by atoms with Gasteiger partial charge in [0.15, 0.2) is 9.84 Å². The zero-order chi connectivity index (χ0) is 16.9. The Morgan fingerprint density at radius 3 is 2.57 bits per heavy atom. The van der Waals surface area contributed by atoms with E-state index in [0.29, 0.717) is 6.42 Å². The summed E-state index contributed by atoms with van der Waals surface area (Å²) in [5.41, 5.74) is 1.73. The van der Waals surface area contributed by atoms with Crippen LogP contribution in [-0.2, 0) is 19.4 Å². The Morgan fingerprint density at radius 1 is 1.26 bits per heavy atom. The van der Waals surface area contributed by atoms with E-state index in [-0.39, 0.29) is 35.9 Å². The van der Waals surface area contributed by atoms with Gasteiger partial charge in [0.2, 0.25) is 11.8 Å². The quantitative estimate of drug-likeness (QED) is 0.766. The Morgan fingerprint density at radius 2 is 1.96 bits per heavy atom. The summed E-state index contributed by atoms with van der Waals surface area (Å²) in [4.78, 5) is 23.5. The van der Waals surface area contributed by atoms with Crippen molar-refractivity contribution in [3.63, 3.8) is 0 Å². The summed E-state index contributed by atoms with van der Waals surface area (Å²) in [6, 6.07) is 9.09. The van der Waals surface area contributed by atoms with Crippen molar-refractivity contribution in [3.8, 4) is 0 Å². The normalized spacial score (nSPS) is 20.0. The molecule has 2 amide bonds. The molecule has 1 aromatic rings. The highest BCUT2D eigenvalue weighted by Crippen LogP contribution is 2.12. The van der Waals surface area contributed by atoms with Crippen molar-refractivity contribution >= 4 is 27.2 Å². The van der Waals surface area contributed by atoms with Crippen LogP contribution in [0.3, 0.4) is 0 Å². The molecule has 124 valence electrons. The van der Waals surface area contributed by atoms with Crippen molar-refractivity contribution in [2.45, 2.75) is 19.4 Å². The van der Waals surface area contributed by atoms with Crippen LogP contribution in [0.15, 0.2) is 36.4 Å². The molecule has 1 fully saturated rings. The first-order valence-corrected chi connectivity index (χ1v) is 9.19. The third-order valence-corrected chi connectivity index (χ3v) is 5.37. The number of amides is 2. The summed E-state index contributed by atoms with van der Waals surface area (Å²) in [5, 5.41) is 5.12. The molecule has 23 heavy (non-hydrogen) atoms. The molecule has 1 aliphatic heterocycles. The van der Waals surface area contributed by atoms with Crippen molar-refractivity contribution < 1.29 is 18.0 Å². The van der Waals surface area contributed by atoms with Gasteiger partial charge in [0.05, 0.1) is 18.1 Å². The molecular formula is C16H20N2O4S. The van der Waals surface area contributed by atoms with Crippen molar-refractivity contribution in [3.05, 3.63) is 42.0 Å². The Bertz CT molecular complexity index is 711. The first kappa shape index (κ1) is 17.2. The summed E-state index contributed by atoms with van der Waals surface area (Å²) in [5.74, 6) is -0.671. The highest BCUT2D eigenvalue weighted by molar-refractivity contribution is 7.91. The molecule has 6 nitrogen and oxygen atoms in total. The van der Waals surface area contributed by atoms with E-state index in [0.717, 1.165) is 11.1 Å².